The van der Waals surface area contributed by atoms with Crippen molar-refractivity contribution in [1.29, 1.82) is 0 Å². The predicted octanol–water partition coefficient (Wildman–Crippen LogP) is -1.12. The quantitative estimate of drug-likeness (QED) is 0.560. The lowest BCUT2D eigenvalue weighted by Gasteiger charge is -2.06. The Kier molecular flexibility index (Phi) is 4.94. The second-order valence-corrected chi connectivity index (χ2v) is 5.32. The van der Waals surface area contributed by atoms with E-state index in [1.54, 1.807) is 6.92 Å². The normalized spacial score (nSPS) is 13.8. The average molecular weight is 208 g/mol. The summed E-state index contributed by atoms with van der Waals surface area (Å²) >= 11 is 0. The second kappa shape index (κ2) is 5.18. The van der Waals surface area contributed by atoms with E-state index < -0.39 is 15.9 Å². The third-order valence-corrected chi connectivity index (χ3v) is 2.43. The third kappa shape index (κ3) is 7.73. The van der Waals surface area contributed by atoms with Gasteiger partial charge in [0.15, 0.2) is 0 Å². The second-order valence-electron chi connectivity index (χ2n) is 3.06. The molecule has 3 N–H and O–H groups in total. The van der Waals surface area contributed by atoms with Gasteiger partial charge in [-0.1, -0.05) is 0 Å². The largest absolute Gasteiger partial charge is 0.355 e. The van der Waals surface area contributed by atoms with Crippen LogP contribution in [0.2, 0.25) is 0 Å². The number of hydrogen-bond donors (Lipinski definition) is 2. The van der Waals surface area contributed by atoms with Crippen LogP contribution in [0.1, 0.15) is 13.3 Å². The van der Waals surface area contributed by atoms with Crippen molar-refractivity contribution in [3.8, 4) is 0 Å². The lowest BCUT2D eigenvalue weighted by atomic mass is 10.3. The summed E-state index contributed by atoms with van der Waals surface area (Å²) in [5.74, 6) is -0.167. The van der Waals surface area contributed by atoms with E-state index in [1.807, 2.05) is 0 Å². The minimum absolute atomic E-state index is 0.0895. The van der Waals surface area contributed by atoms with Crippen molar-refractivity contribution in [2.45, 2.75) is 19.4 Å². The molecule has 78 valence electrons. The Morgan fingerprint density at radius 3 is 2.46 bits per heavy atom. The van der Waals surface area contributed by atoms with Crippen molar-refractivity contribution < 1.29 is 13.2 Å². The van der Waals surface area contributed by atoms with Crippen LogP contribution in [0.4, 0.5) is 0 Å². The topological polar surface area (TPSA) is 89.3 Å². The van der Waals surface area contributed by atoms with Crippen LogP contribution in [0.3, 0.4) is 0 Å². The molecule has 0 saturated carbocycles. The van der Waals surface area contributed by atoms with Gasteiger partial charge in [-0.2, -0.15) is 0 Å². The van der Waals surface area contributed by atoms with E-state index in [0.29, 0.717) is 13.0 Å². The van der Waals surface area contributed by atoms with Gasteiger partial charge in [-0.25, -0.2) is 8.42 Å². The summed E-state index contributed by atoms with van der Waals surface area (Å²) in [5, 5.41) is 2.53. The molecule has 0 radical (unpaired) electrons. The molecule has 0 aromatic rings. The highest BCUT2D eigenvalue weighted by atomic mass is 32.2. The van der Waals surface area contributed by atoms with Gasteiger partial charge in [0.25, 0.3) is 0 Å². The number of carbonyl (C=O) groups is 1. The van der Waals surface area contributed by atoms with E-state index in [4.69, 9.17) is 5.73 Å². The smallest absolute Gasteiger partial charge is 0.236 e. The number of rotatable bonds is 5. The third-order valence-electron chi connectivity index (χ3n) is 1.40. The Bertz CT molecular complexity index is 259. The van der Waals surface area contributed by atoms with Crippen LogP contribution in [-0.2, 0) is 14.6 Å². The molecule has 0 aliphatic heterocycles. The van der Waals surface area contributed by atoms with Crippen molar-refractivity contribution in [2.24, 2.45) is 5.73 Å². The zero-order valence-corrected chi connectivity index (χ0v) is 8.73. The first kappa shape index (κ1) is 12.4. The van der Waals surface area contributed by atoms with Crippen molar-refractivity contribution in [1.82, 2.24) is 5.32 Å². The molecule has 5 nitrogen and oxygen atoms in total. The molecule has 0 heterocycles. The highest BCUT2D eigenvalue weighted by Crippen LogP contribution is 1.87. The number of hydrogen-bond acceptors (Lipinski definition) is 4. The predicted molar refractivity (Wildman–Crippen MR) is 51.0 cm³/mol. The average Bonchev–Trinajstić information content (AvgIpc) is 1.95. The maximum atomic E-state index is 10.9. The number of sulfone groups is 1. The molecular weight excluding hydrogens is 192 g/mol. The Balaban J connectivity index is 3.53. The minimum atomic E-state index is -2.92. The molecule has 0 aliphatic rings. The van der Waals surface area contributed by atoms with E-state index in [2.05, 4.69) is 5.32 Å². The first-order chi connectivity index (χ1) is 5.83. The highest BCUT2D eigenvalue weighted by molar-refractivity contribution is 7.90. The Labute approximate surface area is 78.6 Å². The van der Waals surface area contributed by atoms with Gasteiger partial charge < -0.3 is 11.1 Å². The van der Waals surface area contributed by atoms with Gasteiger partial charge in [0.1, 0.15) is 9.84 Å². The van der Waals surface area contributed by atoms with Crippen molar-refractivity contribution in [2.75, 3.05) is 18.6 Å². The molecule has 0 aromatic carbocycles. The van der Waals surface area contributed by atoms with E-state index in [9.17, 15) is 13.2 Å². The van der Waals surface area contributed by atoms with Crippen LogP contribution in [0.5, 0.6) is 0 Å². The van der Waals surface area contributed by atoms with Crippen LogP contribution in [-0.4, -0.2) is 38.9 Å². The van der Waals surface area contributed by atoms with E-state index in [-0.39, 0.29) is 11.7 Å². The molecule has 0 fully saturated rings. The van der Waals surface area contributed by atoms with Gasteiger partial charge >= 0.3 is 0 Å². The molecular formula is C7H16N2O3S. The highest BCUT2D eigenvalue weighted by Gasteiger charge is 2.06. The van der Waals surface area contributed by atoms with E-state index in [1.165, 1.54) is 6.26 Å². The number of amides is 1. The van der Waals surface area contributed by atoms with E-state index >= 15 is 0 Å². The van der Waals surface area contributed by atoms with Crippen LogP contribution in [0.25, 0.3) is 0 Å². The van der Waals surface area contributed by atoms with Gasteiger partial charge in [-0.15, -0.1) is 0 Å². The lowest BCUT2D eigenvalue weighted by molar-refractivity contribution is -0.121. The van der Waals surface area contributed by atoms with Crippen LogP contribution >= 0.6 is 0 Å². The molecule has 0 aliphatic carbocycles. The maximum absolute atomic E-state index is 10.9. The SMILES string of the molecule is CC(N)C(=O)NCCCS(C)(=O)=O. The van der Waals surface area contributed by atoms with Gasteiger partial charge in [0, 0.05) is 12.8 Å². The van der Waals surface area contributed by atoms with Crippen LogP contribution in [0.15, 0.2) is 0 Å². The first-order valence-corrected chi connectivity index (χ1v) is 6.10. The molecule has 13 heavy (non-hydrogen) atoms. The summed E-state index contributed by atoms with van der Waals surface area (Å²) in [4.78, 5) is 10.9. The summed E-state index contributed by atoms with van der Waals surface area (Å²) in [5.41, 5.74) is 5.27. The molecule has 1 atom stereocenters. The van der Waals surface area contributed by atoms with Crippen LogP contribution in [0, 0.1) is 0 Å². The number of carbonyl (C=O) groups excluding carboxylic acids is 1. The molecule has 6 heteroatoms. The molecule has 0 spiro atoms. The number of nitrogens with two attached hydrogens (primary N) is 1. The Morgan fingerprint density at radius 2 is 2.08 bits per heavy atom. The van der Waals surface area contributed by atoms with E-state index in [0.717, 1.165) is 0 Å². The zero-order chi connectivity index (χ0) is 10.5. The first-order valence-electron chi connectivity index (χ1n) is 4.04. The van der Waals surface area contributed by atoms with Gasteiger partial charge in [-0.3, -0.25) is 4.79 Å². The fraction of sp³-hybridized carbons (Fsp3) is 0.857. The summed E-state index contributed by atoms with van der Waals surface area (Å²) in [7, 11) is -2.92. The van der Waals surface area contributed by atoms with Crippen molar-refractivity contribution in [3.63, 3.8) is 0 Å². The van der Waals surface area contributed by atoms with Crippen LogP contribution < -0.4 is 11.1 Å². The minimum Gasteiger partial charge on any atom is -0.355 e. The molecule has 1 unspecified atom stereocenters. The Morgan fingerprint density at radius 1 is 1.54 bits per heavy atom. The standard InChI is InChI=1S/C7H16N2O3S/c1-6(8)7(10)9-4-3-5-13(2,11)12/h6H,3-5,8H2,1-2H3,(H,9,10). The summed E-state index contributed by atoms with van der Waals surface area (Å²) in [6, 6.07) is -0.543. The summed E-state index contributed by atoms with van der Waals surface area (Å²) in [6.45, 7) is 1.93. The monoisotopic (exact) mass is 208 g/mol. The molecule has 0 bridgehead atoms. The lowest BCUT2D eigenvalue weighted by Crippen LogP contribution is -2.39. The zero-order valence-electron chi connectivity index (χ0n) is 7.91. The molecule has 1 amide bonds. The fourth-order valence-corrected chi connectivity index (χ4v) is 1.38. The van der Waals surface area contributed by atoms with Crippen molar-refractivity contribution >= 4 is 15.7 Å². The number of nitrogens with one attached hydrogen (secondary N) is 1. The maximum Gasteiger partial charge on any atom is 0.236 e. The van der Waals surface area contributed by atoms with Gasteiger partial charge in [0.2, 0.25) is 5.91 Å². The molecule has 0 saturated heterocycles. The molecule has 0 rings (SSSR count). The Hall–Kier alpha value is -0.620. The van der Waals surface area contributed by atoms with Gasteiger partial charge in [0.05, 0.1) is 11.8 Å². The van der Waals surface area contributed by atoms with Gasteiger partial charge in [-0.05, 0) is 13.3 Å². The fourth-order valence-electron chi connectivity index (χ4n) is 0.707. The molecule has 0 aromatic heterocycles. The summed E-state index contributed by atoms with van der Waals surface area (Å²) in [6.07, 6.45) is 1.59. The van der Waals surface area contributed by atoms with Crippen molar-refractivity contribution in [3.05, 3.63) is 0 Å². The summed E-state index contributed by atoms with van der Waals surface area (Å²) < 4.78 is 21.3.